The molecule has 1 aliphatic carbocycles. The third-order valence-corrected chi connectivity index (χ3v) is 7.41. The predicted molar refractivity (Wildman–Crippen MR) is 127 cm³/mol. The molecule has 3 N–H and O–H groups in total. The first-order chi connectivity index (χ1) is 16.3. The van der Waals surface area contributed by atoms with Crippen LogP contribution in [-0.4, -0.2) is 40.0 Å². The quantitative estimate of drug-likeness (QED) is 0.427. The number of benzene rings is 2. The molecule has 1 aliphatic heterocycles. The second kappa shape index (κ2) is 8.46. The Bertz CT molecular complexity index is 1260. The molecule has 0 saturated heterocycles. The molecule has 3 aromatic rings. The van der Waals surface area contributed by atoms with Crippen molar-refractivity contribution in [3.05, 3.63) is 93.2 Å². The van der Waals surface area contributed by atoms with Gasteiger partial charge in [0.05, 0.1) is 17.5 Å². The van der Waals surface area contributed by atoms with Crippen molar-refractivity contribution in [2.24, 2.45) is 5.92 Å². The normalized spacial score (nSPS) is 29.1. The second-order valence-corrected chi connectivity index (χ2v) is 9.73. The third kappa shape index (κ3) is 3.13. The molecule has 1 amide bonds. The van der Waals surface area contributed by atoms with Crippen LogP contribution in [0, 0.1) is 5.92 Å². The number of aromatic nitrogens is 1. The van der Waals surface area contributed by atoms with Crippen LogP contribution >= 0.6 is 27.5 Å². The van der Waals surface area contributed by atoms with Crippen LogP contribution in [0.2, 0.25) is 5.02 Å². The minimum absolute atomic E-state index is 0.0962. The lowest BCUT2D eigenvalue weighted by Crippen LogP contribution is -2.52. The molecule has 0 radical (unpaired) electrons. The predicted octanol–water partition coefficient (Wildman–Crippen LogP) is 3.06. The smallest absolute Gasteiger partial charge is 0.227 e. The van der Waals surface area contributed by atoms with Crippen molar-refractivity contribution in [2.45, 2.75) is 23.2 Å². The van der Waals surface area contributed by atoms with E-state index in [2.05, 4.69) is 26.2 Å². The van der Waals surface area contributed by atoms with Gasteiger partial charge in [-0.15, -0.1) is 0 Å². The molecule has 7 nitrogen and oxygen atoms in total. The van der Waals surface area contributed by atoms with Gasteiger partial charge in [0.25, 0.3) is 0 Å². The van der Waals surface area contributed by atoms with Crippen LogP contribution in [0.4, 0.5) is 0 Å². The lowest BCUT2D eigenvalue weighted by Gasteiger charge is -2.40. The number of hydrogen-bond donors (Lipinski definition) is 3. The van der Waals surface area contributed by atoms with Crippen LogP contribution in [-0.2, 0) is 20.8 Å². The first-order valence-electron chi connectivity index (χ1n) is 10.6. The number of aldehydes is 1. The van der Waals surface area contributed by atoms with Crippen LogP contribution in [0.1, 0.15) is 22.7 Å². The number of aliphatic hydroxyl groups excluding tert-OH is 1. The minimum atomic E-state index is -2.09. The van der Waals surface area contributed by atoms with Gasteiger partial charge in [0.1, 0.15) is 23.8 Å². The number of carbonyl (C=O) groups excluding carboxylic acids is 2. The van der Waals surface area contributed by atoms with Gasteiger partial charge in [0, 0.05) is 22.7 Å². The van der Waals surface area contributed by atoms with E-state index in [-0.39, 0.29) is 18.0 Å². The lowest BCUT2D eigenvalue weighted by molar-refractivity contribution is -0.155. The molecule has 9 heteroatoms. The van der Waals surface area contributed by atoms with Crippen molar-refractivity contribution < 1.29 is 24.5 Å². The van der Waals surface area contributed by atoms with Gasteiger partial charge in [0.15, 0.2) is 11.2 Å². The Morgan fingerprint density at radius 3 is 2.59 bits per heavy atom. The summed E-state index contributed by atoms with van der Waals surface area (Å²) in [5, 5.41) is 26.9. The summed E-state index contributed by atoms with van der Waals surface area (Å²) < 4.78 is 7.34. The van der Waals surface area contributed by atoms with E-state index in [1.54, 1.807) is 24.3 Å². The Hall–Kier alpha value is -2.78. The van der Waals surface area contributed by atoms with E-state index in [4.69, 9.17) is 16.3 Å². The largest absolute Gasteiger partial charge is 0.476 e. The standard InChI is InChI=1S/C25H20BrClN2O5/c26-16-8-6-15(7-9-16)25-20(14-4-2-1-3-5-14)19(23(32)28-10-11-30)22(31)24(25,33)21-18(34-25)12-17(27)13-29-21/h1-9,11-13,19-20,22,31,33H,10H2,(H,28,32)/t19-,20-,22-,24?,25+/m1/s1. The van der Waals surface area contributed by atoms with Crippen LogP contribution in [0.3, 0.4) is 0 Å². The molecule has 2 heterocycles. The Labute approximate surface area is 208 Å². The van der Waals surface area contributed by atoms with Crippen LogP contribution in [0.15, 0.2) is 71.3 Å². The molecule has 0 bridgehead atoms. The van der Waals surface area contributed by atoms with Gasteiger partial charge >= 0.3 is 0 Å². The molecule has 5 atom stereocenters. The number of hydrogen-bond acceptors (Lipinski definition) is 6. The first-order valence-corrected chi connectivity index (χ1v) is 11.8. The van der Waals surface area contributed by atoms with Crippen molar-refractivity contribution in [1.29, 1.82) is 0 Å². The van der Waals surface area contributed by atoms with Crippen LogP contribution < -0.4 is 10.1 Å². The molecular formula is C25H20BrClN2O5. The Balaban J connectivity index is 1.82. The molecule has 0 spiro atoms. The maximum absolute atomic E-state index is 13.3. The molecule has 2 aromatic carbocycles. The number of fused-ring (bicyclic) bond motifs is 3. The first kappa shape index (κ1) is 23.0. The van der Waals surface area contributed by atoms with Gasteiger partial charge in [0.2, 0.25) is 5.91 Å². The number of carbonyl (C=O) groups is 2. The number of nitrogens with one attached hydrogen (secondary N) is 1. The van der Waals surface area contributed by atoms with Crippen LogP contribution in [0.25, 0.3) is 0 Å². The highest BCUT2D eigenvalue weighted by Gasteiger charge is 2.78. The summed E-state index contributed by atoms with van der Waals surface area (Å²) >= 11 is 9.61. The van der Waals surface area contributed by atoms with Crippen molar-refractivity contribution in [2.75, 3.05) is 6.54 Å². The zero-order chi connectivity index (χ0) is 24.1. The molecular weight excluding hydrogens is 524 g/mol. The summed E-state index contributed by atoms with van der Waals surface area (Å²) in [4.78, 5) is 28.6. The summed E-state index contributed by atoms with van der Waals surface area (Å²) in [6, 6.07) is 17.8. The summed E-state index contributed by atoms with van der Waals surface area (Å²) in [7, 11) is 0. The molecule has 2 aliphatic rings. The number of ether oxygens (including phenoxy) is 1. The Morgan fingerprint density at radius 1 is 1.21 bits per heavy atom. The SMILES string of the molecule is O=CCNC(=O)[C@H]1[C@@H](O)C2(O)c3ncc(Cl)cc3O[C@@]2(c2ccc(Br)cc2)[C@@H]1c1ccccc1. The van der Waals surface area contributed by atoms with Crippen molar-refractivity contribution >= 4 is 39.7 Å². The van der Waals surface area contributed by atoms with E-state index >= 15 is 0 Å². The van der Waals surface area contributed by atoms with Gasteiger partial charge in [-0.2, -0.15) is 0 Å². The highest BCUT2D eigenvalue weighted by molar-refractivity contribution is 9.10. The van der Waals surface area contributed by atoms with E-state index in [1.807, 2.05) is 30.3 Å². The average Bonchev–Trinajstić information content (AvgIpc) is 3.21. The Kier molecular flexibility index (Phi) is 5.72. The van der Waals surface area contributed by atoms with Crippen molar-refractivity contribution in [1.82, 2.24) is 10.3 Å². The molecule has 5 rings (SSSR count). The van der Waals surface area contributed by atoms with Gasteiger partial charge in [-0.1, -0.05) is 70.0 Å². The number of rotatable bonds is 5. The highest BCUT2D eigenvalue weighted by atomic mass is 79.9. The maximum atomic E-state index is 13.3. The van der Waals surface area contributed by atoms with E-state index in [9.17, 15) is 19.8 Å². The number of amides is 1. The molecule has 1 aromatic heterocycles. The van der Waals surface area contributed by atoms with E-state index in [1.165, 1.54) is 12.3 Å². The number of halogens is 2. The average molecular weight is 544 g/mol. The zero-order valence-electron chi connectivity index (χ0n) is 17.7. The van der Waals surface area contributed by atoms with Gasteiger partial charge in [-0.25, -0.2) is 0 Å². The number of nitrogens with zero attached hydrogens (tertiary/aromatic N) is 1. The molecule has 174 valence electrons. The third-order valence-electron chi connectivity index (χ3n) is 6.68. The Morgan fingerprint density at radius 2 is 1.91 bits per heavy atom. The fourth-order valence-corrected chi connectivity index (χ4v) is 5.79. The summed E-state index contributed by atoms with van der Waals surface area (Å²) in [5.74, 6) is -2.34. The lowest BCUT2D eigenvalue weighted by atomic mass is 9.71. The topological polar surface area (TPSA) is 109 Å². The monoisotopic (exact) mass is 542 g/mol. The maximum Gasteiger partial charge on any atom is 0.227 e. The molecule has 1 fully saturated rings. The highest BCUT2D eigenvalue weighted by Crippen LogP contribution is 2.68. The molecule has 1 saturated carbocycles. The minimum Gasteiger partial charge on any atom is -0.476 e. The number of pyridine rings is 1. The van der Waals surface area contributed by atoms with Gasteiger partial charge in [-0.05, 0) is 23.3 Å². The molecule has 1 unspecified atom stereocenters. The zero-order valence-corrected chi connectivity index (χ0v) is 20.0. The second-order valence-electron chi connectivity index (χ2n) is 8.38. The van der Waals surface area contributed by atoms with Crippen molar-refractivity contribution in [3.8, 4) is 5.75 Å². The fraction of sp³-hybridized carbons (Fsp3) is 0.240. The van der Waals surface area contributed by atoms with Gasteiger partial charge < -0.3 is 25.1 Å². The van der Waals surface area contributed by atoms with Crippen LogP contribution in [0.5, 0.6) is 5.75 Å². The summed E-state index contributed by atoms with van der Waals surface area (Å²) in [6.45, 7) is -0.224. The fourth-order valence-electron chi connectivity index (χ4n) is 5.38. The van der Waals surface area contributed by atoms with Gasteiger partial charge in [-0.3, -0.25) is 9.78 Å². The molecule has 34 heavy (non-hydrogen) atoms. The van der Waals surface area contributed by atoms with Crippen molar-refractivity contribution in [3.63, 3.8) is 0 Å². The van der Waals surface area contributed by atoms with E-state index in [0.717, 1.165) is 4.47 Å². The summed E-state index contributed by atoms with van der Waals surface area (Å²) in [6.07, 6.45) is 0.318. The number of aliphatic hydroxyl groups is 2. The van der Waals surface area contributed by atoms with E-state index in [0.29, 0.717) is 22.4 Å². The summed E-state index contributed by atoms with van der Waals surface area (Å²) in [5.41, 5.74) is -2.39. The van der Waals surface area contributed by atoms with E-state index < -0.39 is 35.0 Å².